The number of benzene rings is 2. The SMILES string of the molecule is COc1ccc(NS(=O)(=O)/C=C/c2c(F)c(F)c(F)c(F)c2F)cc1[N+](=O)[O-]. The number of nitro groups is 1. The molecular formula is C15H9F5N2O5S. The molecule has 0 aromatic heterocycles. The molecule has 0 heterocycles. The summed E-state index contributed by atoms with van der Waals surface area (Å²) in [6, 6.07) is 2.99. The zero-order valence-corrected chi connectivity index (χ0v) is 14.5. The first-order chi connectivity index (χ1) is 13.0. The molecular weight excluding hydrogens is 415 g/mol. The van der Waals surface area contributed by atoms with E-state index in [-0.39, 0.29) is 22.9 Å². The van der Waals surface area contributed by atoms with E-state index in [0.29, 0.717) is 0 Å². The lowest BCUT2D eigenvalue weighted by Crippen LogP contribution is -2.10. The van der Waals surface area contributed by atoms with Crippen LogP contribution in [0.3, 0.4) is 0 Å². The molecule has 2 aromatic carbocycles. The molecule has 0 aliphatic rings. The van der Waals surface area contributed by atoms with Gasteiger partial charge in [-0.3, -0.25) is 14.8 Å². The standard InChI is InChI=1S/C15H9F5N2O5S/c1-27-10-3-2-7(6-9(10)22(23)24)21-28(25,26)5-4-8-11(16)13(18)15(20)14(19)12(8)17/h2-6,21H,1H3/b5-4+. The lowest BCUT2D eigenvalue weighted by molar-refractivity contribution is -0.385. The van der Waals surface area contributed by atoms with Crippen molar-refractivity contribution >= 4 is 27.5 Å². The number of methoxy groups -OCH3 is 1. The number of rotatable bonds is 6. The molecule has 7 nitrogen and oxygen atoms in total. The van der Waals surface area contributed by atoms with Crippen LogP contribution in [0.5, 0.6) is 5.75 Å². The van der Waals surface area contributed by atoms with Crippen LogP contribution in [0, 0.1) is 39.2 Å². The van der Waals surface area contributed by atoms with E-state index in [2.05, 4.69) is 0 Å². The Balaban J connectivity index is 2.38. The van der Waals surface area contributed by atoms with E-state index in [9.17, 15) is 40.5 Å². The van der Waals surface area contributed by atoms with Crippen LogP contribution in [-0.2, 0) is 10.0 Å². The number of anilines is 1. The summed E-state index contributed by atoms with van der Waals surface area (Å²) in [6.45, 7) is 0. The molecule has 0 aliphatic carbocycles. The maximum Gasteiger partial charge on any atom is 0.312 e. The molecule has 0 saturated carbocycles. The smallest absolute Gasteiger partial charge is 0.312 e. The van der Waals surface area contributed by atoms with Crippen LogP contribution in [0.25, 0.3) is 6.08 Å². The van der Waals surface area contributed by atoms with Gasteiger partial charge in [-0.2, -0.15) is 0 Å². The molecule has 150 valence electrons. The van der Waals surface area contributed by atoms with Crippen LogP contribution in [0.2, 0.25) is 0 Å². The second kappa shape index (κ2) is 7.80. The Morgan fingerprint density at radius 2 is 1.57 bits per heavy atom. The minimum absolute atomic E-state index is 0.140. The molecule has 0 aliphatic heterocycles. The maximum atomic E-state index is 13.6. The van der Waals surface area contributed by atoms with Crippen molar-refractivity contribution in [3.8, 4) is 5.75 Å². The summed E-state index contributed by atoms with van der Waals surface area (Å²) in [5, 5.41) is 11.1. The van der Waals surface area contributed by atoms with Gasteiger partial charge in [-0.15, -0.1) is 0 Å². The quantitative estimate of drug-likeness (QED) is 0.251. The third kappa shape index (κ3) is 4.19. The Morgan fingerprint density at radius 3 is 2.07 bits per heavy atom. The van der Waals surface area contributed by atoms with E-state index in [1.165, 1.54) is 0 Å². The van der Waals surface area contributed by atoms with Crippen LogP contribution < -0.4 is 9.46 Å². The molecule has 0 atom stereocenters. The van der Waals surface area contributed by atoms with Gasteiger partial charge in [0, 0.05) is 6.07 Å². The topological polar surface area (TPSA) is 98.5 Å². The van der Waals surface area contributed by atoms with Gasteiger partial charge >= 0.3 is 5.69 Å². The van der Waals surface area contributed by atoms with E-state index in [1.807, 2.05) is 4.72 Å². The van der Waals surface area contributed by atoms with Gasteiger partial charge in [0.15, 0.2) is 29.0 Å². The second-order valence-corrected chi connectivity index (χ2v) is 6.64. The third-order valence-electron chi connectivity index (χ3n) is 3.29. The molecule has 0 radical (unpaired) electrons. The van der Waals surface area contributed by atoms with E-state index in [0.717, 1.165) is 25.3 Å². The first-order valence-corrected chi connectivity index (χ1v) is 8.58. The predicted octanol–water partition coefficient (Wildman–Crippen LogP) is 3.71. The molecule has 28 heavy (non-hydrogen) atoms. The zero-order chi connectivity index (χ0) is 21.2. The van der Waals surface area contributed by atoms with Gasteiger partial charge in [0.2, 0.25) is 5.82 Å². The number of nitro benzene ring substituents is 1. The minimum atomic E-state index is -4.53. The van der Waals surface area contributed by atoms with Gasteiger partial charge in [0.05, 0.1) is 28.7 Å². The van der Waals surface area contributed by atoms with Crippen LogP contribution in [0.4, 0.5) is 33.3 Å². The van der Waals surface area contributed by atoms with Crippen molar-refractivity contribution in [1.82, 2.24) is 0 Å². The summed E-state index contributed by atoms with van der Waals surface area (Å²) in [5.41, 5.74) is -2.36. The summed E-state index contributed by atoms with van der Waals surface area (Å²) < 4.78 is 96.8. The average Bonchev–Trinajstić information content (AvgIpc) is 2.64. The number of hydrogen-bond donors (Lipinski definition) is 1. The van der Waals surface area contributed by atoms with Crippen LogP contribution >= 0.6 is 0 Å². The van der Waals surface area contributed by atoms with E-state index >= 15 is 0 Å². The van der Waals surface area contributed by atoms with E-state index in [4.69, 9.17) is 4.74 Å². The molecule has 2 rings (SSSR count). The summed E-state index contributed by atoms with van der Waals surface area (Å²) in [4.78, 5) is 10.1. The Kier molecular flexibility index (Phi) is 5.87. The van der Waals surface area contributed by atoms with Crippen molar-refractivity contribution in [2.24, 2.45) is 0 Å². The lowest BCUT2D eigenvalue weighted by atomic mass is 10.1. The van der Waals surface area contributed by atoms with Gasteiger partial charge in [-0.05, 0) is 18.2 Å². The van der Waals surface area contributed by atoms with Crippen molar-refractivity contribution < 1.29 is 40.0 Å². The monoisotopic (exact) mass is 424 g/mol. The summed E-state index contributed by atoms with van der Waals surface area (Å²) >= 11 is 0. The summed E-state index contributed by atoms with van der Waals surface area (Å²) in [5.74, 6) is -11.5. The normalized spacial score (nSPS) is 11.6. The number of nitrogens with zero attached hydrogens (tertiary/aromatic N) is 1. The van der Waals surface area contributed by atoms with E-state index in [1.54, 1.807) is 0 Å². The fourth-order valence-corrected chi connectivity index (χ4v) is 2.86. The van der Waals surface area contributed by atoms with Gasteiger partial charge in [-0.25, -0.2) is 30.4 Å². The molecule has 0 fully saturated rings. The lowest BCUT2D eigenvalue weighted by Gasteiger charge is -2.07. The van der Waals surface area contributed by atoms with Crippen molar-refractivity contribution in [3.05, 3.63) is 68.4 Å². The molecule has 1 N–H and O–H groups in total. The first kappa shape index (κ1) is 21.1. The van der Waals surface area contributed by atoms with Gasteiger partial charge in [-0.1, -0.05) is 0 Å². The molecule has 0 bridgehead atoms. The number of hydrogen-bond acceptors (Lipinski definition) is 5. The highest BCUT2D eigenvalue weighted by molar-refractivity contribution is 7.95. The van der Waals surface area contributed by atoms with E-state index < -0.39 is 55.3 Å². The molecule has 0 amide bonds. The zero-order valence-electron chi connectivity index (χ0n) is 13.7. The summed E-state index contributed by atoms with van der Waals surface area (Å²) in [6.07, 6.45) is 0.163. The largest absolute Gasteiger partial charge is 0.490 e. The molecule has 0 unspecified atom stereocenters. The van der Waals surface area contributed by atoms with Gasteiger partial charge in [0.25, 0.3) is 10.0 Å². The molecule has 13 heteroatoms. The highest BCUT2D eigenvalue weighted by Crippen LogP contribution is 2.30. The van der Waals surface area contributed by atoms with Gasteiger partial charge < -0.3 is 4.74 Å². The first-order valence-electron chi connectivity index (χ1n) is 7.03. The Morgan fingerprint density at radius 1 is 1.04 bits per heavy atom. The predicted molar refractivity (Wildman–Crippen MR) is 87.5 cm³/mol. The maximum absolute atomic E-state index is 13.6. The van der Waals surface area contributed by atoms with Crippen molar-refractivity contribution in [3.63, 3.8) is 0 Å². The van der Waals surface area contributed by atoms with Crippen LogP contribution in [0.15, 0.2) is 23.6 Å². The van der Waals surface area contributed by atoms with Crippen molar-refractivity contribution in [2.75, 3.05) is 11.8 Å². The number of halogens is 5. The molecule has 0 spiro atoms. The Bertz CT molecular complexity index is 1060. The minimum Gasteiger partial charge on any atom is -0.490 e. The fraction of sp³-hybridized carbons (Fsp3) is 0.0667. The van der Waals surface area contributed by atoms with Crippen molar-refractivity contribution in [2.45, 2.75) is 0 Å². The second-order valence-electron chi connectivity index (χ2n) is 5.08. The number of sulfonamides is 1. The molecule has 0 saturated heterocycles. The molecule has 2 aromatic rings. The summed E-state index contributed by atoms with van der Waals surface area (Å²) in [7, 11) is -3.38. The Labute approximate surface area is 154 Å². The van der Waals surface area contributed by atoms with Crippen LogP contribution in [0.1, 0.15) is 5.56 Å². The highest BCUT2D eigenvalue weighted by atomic mass is 32.2. The van der Waals surface area contributed by atoms with Crippen molar-refractivity contribution in [1.29, 1.82) is 0 Å². The number of ether oxygens (including phenoxy) is 1. The fourth-order valence-electron chi connectivity index (χ4n) is 2.02. The third-order valence-corrected chi connectivity index (χ3v) is 4.31. The van der Waals surface area contributed by atoms with Crippen LogP contribution in [-0.4, -0.2) is 20.5 Å². The highest BCUT2D eigenvalue weighted by Gasteiger charge is 2.25. The number of nitrogens with one attached hydrogen (secondary N) is 1. The van der Waals surface area contributed by atoms with Gasteiger partial charge in [0.1, 0.15) is 0 Å². The Hall–Kier alpha value is -3.22. The average molecular weight is 424 g/mol.